The zero-order valence-electron chi connectivity index (χ0n) is 17.6. The molecule has 3 aromatic rings. The second kappa shape index (κ2) is 9.92. The first-order chi connectivity index (χ1) is 16.2. The monoisotopic (exact) mass is 459 g/mol. The number of methoxy groups -OCH3 is 1. The molecular weight excluding hydrogens is 442 g/mol. The van der Waals surface area contributed by atoms with Gasteiger partial charge in [0.2, 0.25) is 0 Å². The Bertz CT molecular complexity index is 1350. The molecule has 0 atom stereocenters. The number of aromatic nitrogens is 1. The van der Waals surface area contributed by atoms with Crippen LogP contribution in [-0.2, 0) is 9.53 Å². The number of nitriles is 1. The summed E-state index contributed by atoms with van der Waals surface area (Å²) in [7, 11) is 1.17. The fourth-order valence-electron chi connectivity index (χ4n) is 3.03. The number of nitrogens with one attached hydrogen (secondary N) is 3. The summed E-state index contributed by atoms with van der Waals surface area (Å²) in [5.41, 5.74) is -0.132. The number of carboxylic acids is 1. The van der Waals surface area contributed by atoms with Crippen molar-refractivity contribution in [1.29, 1.82) is 10.7 Å². The average Bonchev–Trinajstić information content (AvgIpc) is 2.84. The van der Waals surface area contributed by atoms with Crippen LogP contribution in [-0.4, -0.2) is 46.0 Å². The van der Waals surface area contributed by atoms with E-state index in [1.54, 1.807) is 12.1 Å². The van der Waals surface area contributed by atoms with Gasteiger partial charge in [0.15, 0.2) is 0 Å². The van der Waals surface area contributed by atoms with E-state index in [2.05, 4.69) is 20.4 Å². The van der Waals surface area contributed by atoms with Crippen LogP contribution in [0.25, 0.3) is 11.1 Å². The van der Waals surface area contributed by atoms with Gasteiger partial charge < -0.3 is 20.3 Å². The lowest BCUT2D eigenvalue weighted by Crippen LogP contribution is -2.24. The van der Waals surface area contributed by atoms with E-state index < -0.39 is 29.4 Å². The van der Waals surface area contributed by atoms with Gasteiger partial charge in [0.1, 0.15) is 11.5 Å². The van der Waals surface area contributed by atoms with E-state index in [-0.39, 0.29) is 28.1 Å². The van der Waals surface area contributed by atoms with Crippen LogP contribution < -0.4 is 10.6 Å². The number of aromatic hydroxyl groups is 1. The third-order valence-corrected chi connectivity index (χ3v) is 4.67. The lowest BCUT2D eigenvalue weighted by atomic mass is 9.98. The van der Waals surface area contributed by atoms with Crippen molar-refractivity contribution in [3.8, 4) is 22.9 Å². The largest absolute Gasteiger partial charge is 0.507 e. The Morgan fingerprint density at radius 2 is 1.74 bits per heavy atom. The van der Waals surface area contributed by atoms with Crippen molar-refractivity contribution in [1.82, 2.24) is 4.98 Å². The number of hydrogen-bond acceptors (Lipinski definition) is 8. The normalized spacial score (nSPS) is 10.0. The van der Waals surface area contributed by atoms with Gasteiger partial charge in [-0.1, -0.05) is 0 Å². The van der Waals surface area contributed by atoms with Crippen molar-refractivity contribution >= 4 is 35.1 Å². The zero-order chi connectivity index (χ0) is 24.8. The smallest absolute Gasteiger partial charge is 0.411 e. The minimum absolute atomic E-state index is 0.0822. The standard InChI is InChI=1S/C23H17N5O6/c1-34-23(33)28-18-10-19(29)16(9-14(18)13-4-6-26-7-5-13)20(25)21(30)27-17-3-2-12(11-24)8-15(17)22(31)32/h2-10,25,29H,1H3,(H,27,30)(H,28,33)(H,31,32). The number of carboxylic acid groups (broad SMARTS) is 1. The Labute approximate surface area is 192 Å². The highest BCUT2D eigenvalue weighted by molar-refractivity contribution is 6.48. The summed E-state index contributed by atoms with van der Waals surface area (Å²) < 4.78 is 4.60. The molecule has 170 valence electrons. The topological polar surface area (TPSA) is 185 Å². The third-order valence-electron chi connectivity index (χ3n) is 4.67. The number of aromatic carboxylic acids is 1. The molecule has 3 rings (SSSR count). The van der Waals surface area contributed by atoms with Crippen LogP contribution in [0.15, 0.2) is 54.9 Å². The number of anilines is 2. The van der Waals surface area contributed by atoms with Gasteiger partial charge in [-0.3, -0.25) is 20.5 Å². The van der Waals surface area contributed by atoms with Gasteiger partial charge in [0.05, 0.1) is 35.7 Å². The zero-order valence-corrected chi connectivity index (χ0v) is 17.6. The molecule has 0 aliphatic rings. The van der Waals surface area contributed by atoms with E-state index in [1.165, 1.54) is 37.7 Å². The van der Waals surface area contributed by atoms with Gasteiger partial charge in [-0.2, -0.15) is 5.26 Å². The Hall–Kier alpha value is -5.24. The minimum atomic E-state index is -1.38. The fourth-order valence-corrected chi connectivity index (χ4v) is 3.03. The van der Waals surface area contributed by atoms with Crippen molar-refractivity contribution in [3.63, 3.8) is 0 Å². The lowest BCUT2D eigenvalue weighted by molar-refractivity contribution is -0.110. The van der Waals surface area contributed by atoms with Gasteiger partial charge >= 0.3 is 12.1 Å². The summed E-state index contributed by atoms with van der Waals surface area (Å²) in [5, 5.41) is 41.9. The second-order valence-corrected chi connectivity index (χ2v) is 6.77. The molecule has 0 aliphatic carbocycles. The molecule has 0 saturated carbocycles. The van der Waals surface area contributed by atoms with Crippen molar-refractivity contribution in [2.24, 2.45) is 0 Å². The molecule has 2 aromatic carbocycles. The number of ether oxygens (including phenoxy) is 1. The molecule has 0 bridgehead atoms. The average molecular weight is 459 g/mol. The molecule has 0 radical (unpaired) electrons. The molecule has 0 spiro atoms. The number of amides is 2. The van der Waals surface area contributed by atoms with Crippen LogP contribution in [0, 0.1) is 16.7 Å². The van der Waals surface area contributed by atoms with Crippen LogP contribution in [0.4, 0.5) is 16.2 Å². The van der Waals surface area contributed by atoms with Crippen LogP contribution >= 0.6 is 0 Å². The molecule has 5 N–H and O–H groups in total. The van der Waals surface area contributed by atoms with E-state index >= 15 is 0 Å². The summed E-state index contributed by atoms with van der Waals surface area (Å²) in [6.07, 6.45) is 2.21. The van der Waals surface area contributed by atoms with E-state index in [0.29, 0.717) is 11.1 Å². The van der Waals surface area contributed by atoms with E-state index in [4.69, 9.17) is 10.7 Å². The number of phenolic OH excluding ortho intramolecular Hbond substituents is 1. The highest BCUT2D eigenvalue weighted by Gasteiger charge is 2.22. The van der Waals surface area contributed by atoms with Gasteiger partial charge in [-0.15, -0.1) is 0 Å². The van der Waals surface area contributed by atoms with Crippen LogP contribution in [0.1, 0.15) is 21.5 Å². The molecule has 0 aliphatic heterocycles. The highest BCUT2D eigenvalue weighted by Crippen LogP contribution is 2.34. The molecular formula is C23H17N5O6. The van der Waals surface area contributed by atoms with Crippen molar-refractivity contribution < 1.29 is 29.3 Å². The number of benzene rings is 2. The predicted octanol–water partition coefficient (Wildman–Crippen LogP) is 3.21. The maximum atomic E-state index is 12.7. The van der Waals surface area contributed by atoms with Crippen molar-refractivity contribution in [2.45, 2.75) is 0 Å². The summed E-state index contributed by atoms with van der Waals surface area (Å²) in [6.45, 7) is 0. The van der Waals surface area contributed by atoms with Crippen molar-refractivity contribution in [3.05, 3.63) is 71.5 Å². The maximum Gasteiger partial charge on any atom is 0.411 e. The molecule has 11 heteroatoms. The number of hydrogen-bond donors (Lipinski definition) is 5. The molecule has 2 amide bonds. The van der Waals surface area contributed by atoms with Crippen LogP contribution in [0.5, 0.6) is 5.75 Å². The molecule has 0 saturated heterocycles. The highest BCUT2D eigenvalue weighted by atomic mass is 16.5. The summed E-state index contributed by atoms with van der Waals surface area (Å²) in [4.78, 5) is 39.9. The third kappa shape index (κ3) is 4.97. The van der Waals surface area contributed by atoms with E-state index in [1.807, 2.05) is 6.07 Å². The molecule has 1 aromatic heterocycles. The van der Waals surface area contributed by atoms with Crippen molar-refractivity contribution in [2.75, 3.05) is 17.7 Å². The fraction of sp³-hybridized carbons (Fsp3) is 0.0435. The minimum Gasteiger partial charge on any atom is -0.507 e. The van der Waals surface area contributed by atoms with E-state index in [9.17, 15) is 24.6 Å². The number of carbonyl (C=O) groups is 3. The molecule has 34 heavy (non-hydrogen) atoms. The Morgan fingerprint density at radius 3 is 2.35 bits per heavy atom. The van der Waals surface area contributed by atoms with Gasteiger partial charge in [-0.05, 0) is 42.0 Å². The number of phenols is 1. The van der Waals surface area contributed by atoms with Crippen LogP contribution in [0.3, 0.4) is 0 Å². The lowest BCUT2D eigenvalue weighted by Gasteiger charge is -2.15. The Balaban J connectivity index is 2.00. The Morgan fingerprint density at radius 1 is 1.03 bits per heavy atom. The van der Waals surface area contributed by atoms with Gasteiger partial charge in [0, 0.05) is 29.6 Å². The molecule has 0 unspecified atom stereocenters. The molecule has 1 heterocycles. The Kier molecular flexibility index (Phi) is 6.84. The number of carbonyl (C=O) groups excluding carboxylic acids is 2. The van der Waals surface area contributed by atoms with Gasteiger partial charge in [-0.25, -0.2) is 9.59 Å². The quantitative estimate of drug-likeness (QED) is 0.348. The maximum absolute atomic E-state index is 12.7. The molecule has 0 fully saturated rings. The number of nitrogens with zero attached hydrogens (tertiary/aromatic N) is 2. The summed E-state index contributed by atoms with van der Waals surface area (Å²) in [6, 6.07) is 11.2. The first kappa shape index (κ1) is 23.4. The number of pyridine rings is 1. The SMILES string of the molecule is COC(=O)Nc1cc(O)c(C(=N)C(=O)Nc2ccc(C#N)cc2C(=O)O)cc1-c1ccncc1. The number of rotatable bonds is 6. The second-order valence-electron chi connectivity index (χ2n) is 6.77. The molecule has 11 nitrogen and oxygen atoms in total. The van der Waals surface area contributed by atoms with Gasteiger partial charge in [0.25, 0.3) is 5.91 Å². The summed E-state index contributed by atoms with van der Waals surface area (Å²) in [5.74, 6) is -2.86. The first-order valence-electron chi connectivity index (χ1n) is 9.55. The summed E-state index contributed by atoms with van der Waals surface area (Å²) >= 11 is 0. The first-order valence-corrected chi connectivity index (χ1v) is 9.55. The van der Waals surface area contributed by atoms with Crippen LogP contribution in [0.2, 0.25) is 0 Å². The van der Waals surface area contributed by atoms with E-state index in [0.717, 1.165) is 12.1 Å². The predicted molar refractivity (Wildman–Crippen MR) is 121 cm³/mol.